The molecule has 0 saturated carbocycles. The second kappa shape index (κ2) is 9.03. The fraction of sp³-hybridized carbons (Fsp3) is 0.269. The zero-order chi connectivity index (χ0) is 22.8. The molecule has 5 rings (SSSR count). The number of nitrogens with one attached hydrogen (secondary N) is 1. The van der Waals surface area contributed by atoms with Gasteiger partial charge in [-0.15, -0.1) is 0 Å². The Morgan fingerprint density at radius 1 is 1.15 bits per heavy atom. The van der Waals surface area contributed by atoms with E-state index in [0.29, 0.717) is 24.4 Å². The maximum atomic E-state index is 13.6. The molecule has 2 unspecified atom stereocenters. The van der Waals surface area contributed by atoms with Crippen LogP contribution in [0.25, 0.3) is 21.8 Å². The number of H-pyrrole nitrogens is 1. The van der Waals surface area contributed by atoms with Gasteiger partial charge in [-0.05, 0) is 47.7 Å². The van der Waals surface area contributed by atoms with Crippen LogP contribution in [-0.2, 0) is 16.0 Å². The second-order valence-electron chi connectivity index (χ2n) is 8.64. The highest BCUT2D eigenvalue weighted by Gasteiger charge is 2.36. The molecule has 7 heteroatoms. The number of nitrogens with zero attached hydrogens (tertiary/aromatic N) is 3. The molecule has 1 aliphatic heterocycles. The van der Waals surface area contributed by atoms with Gasteiger partial charge in [-0.25, -0.2) is 10.0 Å². The van der Waals surface area contributed by atoms with Crippen molar-refractivity contribution in [3.63, 3.8) is 0 Å². The van der Waals surface area contributed by atoms with Crippen LogP contribution < -0.4 is 0 Å². The van der Waals surface area contributed by atoms with Gasteiger partial charge in [0.15, 0.2) is 0 Å². The van der Waals surface area contributed by atoms with Crippen molar-refractivity contribution in [3.8, 4) is 0 Å². The summed E-state index contributed by atoms with van der Waals surface area (Å²) in [5.41, 5.74) is 2.82. The Hall–Kier alpha value is -3.71. The van der Waals surface area contributed by atoms with Crippen LogP contribution in [0.5, 0.6) is 0 Å². The molecule has 0 bridgehead atoms. The lowest BCUT2D eigenvalue weighted by atomic mass is 9.97. The molecule has 33 heavy (non-hydrogen) atoms. The quantitative estimate of drug-likeness (QED) is 0.256. The number of amides is 2. The van der Waals surface area contributed by atoms with Gasteiger partial charge in [-0.3, -0.25) is 14.8 Å². The molecule has 2 heterocycles. The average molecular weight is 443 g/mol. The van der Waals surface area contributed by atoms with Crippen LogP contribution in [-0.4, -0.2) is 50.5 Å². The Kier molecular flexibility index (Phi) is 5.79. The van der Waals surface area contributed by atoms with E-state index in [4.69, 9.17) is 4.98 Å². The zero-order valence-corrected chi connectivity index (χ0v) is 18.2. The Morgan fingerprint density at radius 2 is 1.88 bits per heavy atom. The van der Waals surface area contributed by atoms with Crippen LogP contribution in [0.3, 0.4) is 0 Å². The van der Waals surface area contributed by atoms with Crippen LogP contribution in [0.2, 0.25) is 0 Å². The summed E-state index contributed by atoms with van der Waals surface area (Å²) in [5.74, 6) is 0.156. The van der Waals surface area contributed by atoms with Gasteiger partial charge in [0, 0.05) is 6.54 Å². The summed E-state index contributed by atoms with van der Waals surface area (Å²) in [7, 11) is 0. The topological polar surface area (TPSA) is 89.5 Å². The lowest BCUT2D eigenvalue weighted by Gasteiger charge is -2.29. The SMILES string of the molecule is O=CN(O)CC(Cc1ccccc1)C(=O)N1CCCC1c1nc2cc3ccccc3cc2[nH]1. The molecule has 1 saturated heterocycles. The minimum absolute atomic E-state index is 0.0496. The number of carbonyl (C=O) groups is 2. The van der Waals surface area contributed by atoms with Gasteiger partial charge < -0.3 is 9.88 Å². The molecule has 7 nitrogen and oxygen atoms in total. The number of likely N-dealkylation sites (tertiary alicyclic amines) is 1. The maximum absolute atomic E-state index is 13.6. The van der Waals surface area contributed by atoms with Gasteiger partial charge in [0.2, 0.25) is 12.3 Å². The lowest BCUT2D eigenvalue weighted by molar-refractivity contribution is -0.157. The Morgan fingerprint density at radius 3 is 2.64 bits per heavy atom. The molecule has 3 aromatic carbocycles. The lowest BCUT2D eigenvalue weighted by Crippen LogP contribution is -2.41. The number of imidazole rings is 1. The number of hydrogen-bond acceptors (Lipinski definition) is 4. The van der Waals surface area contributed by atoms with Crippen LogP contribution in [0.4, 0.5) is 0 Å². The predicted octanol–water partition coefficient (Wildman–Crippen LogP) is 4.09. The normalized spacial score (nSPS) is 16.9. The van der Waals surface area contributed by atoms with Crippen LogP contribution >= 0.6 is 0 Å². The molecular weight excluding hydrogens is 416 g/mol. The third kappa shape index (κ3) is 4.32. The summed E-state index contributed by atoms with van der Waals surface area (Å²) in [4.78, 5) is 34.8. The fourth-order valence-corrected chi connectivity index (χ4v) is 4.82. The Bertz CT molecular complexity index is 1230. The predicted molar refractivity (Wildman–Crippen MR) is 125 cm³/mol. The summed E-state index contributed by atoms with van der Waals surface area (Å²) >= 11 is 0. The first-order chi connectivity index (χ1) is 16.1. The monoisotopic (exact) mass is 442 g/mol. The van der Waals surface area contributed by atoms with Crippen molar-refractivity contribution in [1.29, 1.82) is 0 Å². The summed E-state index contributed by atoms with van der Waals surface area (Å²) in [6.45, 7) is 0.576. The molecule has 0 spiro atoms. The number of carbonyl (C=O) groups excluding carboxylic acids is 2. The first-order valence-electron chi connectivity index (χ1n) is 11.3. The highest BCUT2D eigenvalue weighted by atomic mass is 16.5. The second-order valence-corrected chi connectivity index (χ2v) is 8.64. The molecule has 2 atom stereocenters. The van der Waals surface area contributed by atoms with Crippen molar-refractivity contribution in [2.45, 2.75) is 25.3 Å². The van der Waals surface area contributed by atoms with Gasteiger partial charge in [0.1, 0.15) is 5.82 Å². The molecule has 0 radical (unpaired) electrons. The molecule has 2 N–H and O–H groups in total. The van der Waals surface area contributed by atoms with E-state index in [0.717, 1.165) is 46.0 Å². The van der Waals surface area contributed by atoms with Gasteiger partial charge >= 0.3 is 0 Å². The molecule has 168 valence electrons. The number of rotatable bonds is 7. The van der Waals surface area contributed by atoms with E-state index in [1.54, 1.807) is 0 Å². The van der Waals surface area contributed by atoms with E-state index >= 15 is 0 Å². The highest BCUT2D eigenvalue weighted by molar-refractivity contribution is 5.95. The summed E-state index contributed by atoms with van der Waals surface area (Å²) in [6, 6.07) is 21.8. The van der Waals surface area contributed by atoms with Gasteiger partial charge in [0.05, 0.1) is 29.5 Å². The molecule has 1 aromatic heterocycles. The van der Waals surface area contributed by atoms with Crippen LogP contribution in [0, 0.1) is 5.92 Å². The first kappa shape index (κ1) is 21.2. The Balaban J connectivity index is 1.43. The van der Waals surface area contributed by atoms with E-state index in [1.165, 1.54) is 0 Å². The standard InChI is InChI=1S/C26H26N4O3/c31-17-29(33)16-21(13-18-7-2-1-3-8-18)26(32)30-12-6-11-24(30)25-27-22-14-19-9-4-5-10-20(19)15-23(22)28-25/h1-5,7-10,14-15,17,21,24,33H,6,11-13,16H2,(H,27,28). The third-order valence-electron chi connectivity index (χ3n) is 6.42. The van der Waals surface area contributed by atoms with Crippen molar-refractivity contribution < 1.29 is 14.8 Å². The van der Waals surface area contributed by atoms with E-state index in [2.05, 4.69) is 29.2 Å². The molecular formula is C26H26N4O3. The smallest absolute Gasteiger partial charge is 0.233 e. The third-order valence-corrected chi connectivity index (χ3v) is 6.42. The number of fused-ring (bicyclic) bond motifs is 2. The number of aromatic amines is 1. The van der Waals surface area contributed by atoms with Crippen molar-refractivity contribution in [3.05, 3.63) is 78.1 Å². The van der Waals surface area contributed by atoms with Gasteiger partial charge in [-0.1, -0.05) is 54.6 Å². The molecule has 2 amide bonds. The fourth-order valence-electron chi connectivity index (χ4n) is 4.82. The van der Waals surface area contributed by atoms with E-state index in [1.807, 2.05) is 47.4 Å². The molecule has 1 fully saturated rings. The maximum Gasteiger partial charge on any atom is 0.233 e. The highest BCUT2D eigenvalue weighted by Crippen LogP contribution is 2.34. The van der Waals surface area contributed by atoms with Crippen molar-refractivity contribution in [1.82, 2.24) is 19.9 Å². The molecule has 0 aliphatic carbocycles. The van der Waals surface area contributed by atoms with Gasteiger partial charge in [-0.2, -0.15) is 0 Å². The van der Waals surface area contributed by atoms with Gasteiger partial charge in [0.25, 0.3) is 0 Å². The van der Waals surface area contributed by atoms with E-state index < -0.39 is 5.92 Å². The van der Waals surface area contributed by atoms with Crippen molar-refractivity contribution >= 4 is 34.1 Å². The number of hydroxylamine groups is 2. The first-order valence-corrected chi connectivity index (χ1v) is 11.3. The number of hydrogen-bond donors (Lipinski definition) is 2. The van der Waals surface area contributed by atoms with Crippen LogP contribution in [0.1, 0.15) is 30.3 Å². The van der Waals surface area contributed by atoms with E-state index in [-0.39, 0.29) is 18.5 Å². The zero-order valence-electron chi connectivity index (χ0n) is 18.2. The van der Waals surface area contributed by atoms with Crippen molar-refractivity contribution in [2.24, 2.45) is 5.92 Å². The summed E-state index contributed by atoms with van der Waals surface area (Å²) < 4.78 is 0. The largest absolute Gasteiger partial charge is 0.340 e. The minimum Gasteiger partial charge on any atom is -0.340 e. The van der Waals surface area contributed by atoms with Crippen molar-refractivity contribution in [2.75, 3.05) is 13.1 Å². The molecule has 1 aliphatic rings. The van der Waals surface area contributed by atoms with E-state index in [9.17, 15) is 14.8 Å². The minimum atomic E-state index is -0.546. The number of benzene rings is 3. The average Bonchev–Trinajstić information content (AvgIpc) is 3.49. The number of aromatic nitrogens is 2. The summed E-state index contributed by atoms with van der Waals surface area (Å²) in [5, 5.41) is 12.7. The van der Waals surface area contributed by atoms with Crippen LogP contribution in [0.15, 0.2) is 66.7 Å². The Labute approximate surface area is 191 Å². The summed E-state index contributed by atoms with van der Waals surface area (Å²) in [6.07, 6.45) is 2.49. The molecule has 4 aromatic rings.